The van der Waals surface area contributed by atoms with Crippen molar-refractivity contribution in [2.24, 2.45) is 0 Å². The average Bonchev–Trinajstić information content (AvgIpc) is 2.45. The standard InChI is InChI=1S/C13H13NO7/c15-10(16)6-8(13(18)19)14-12(17)7-2-1-3-9-11(7)21-5-4-20-9/h1-3,8H,4-6H2,(H,14,17)(H,15,16)(H,18,19)/t8-/m1/s1. The van der Waals surface area contributed by atoms with Gasteiger partial charge in [0.05, 0.1) is 12.0 Å². The lowest BCUT2D eigenvalue weighted by Gasteiger charge is -2.21. The van der Waals surface area contributed by atoms with E-state index in [2.05, 4.69) is 5.32 Å². The van der Waals surface area contributed by atoms with E-state index in [0.29, 0.717) is 12.4 Å². The Labute approximate surface area is 119 Å². The molecule has 1 aliphatic heterocycles. The molecule has 1 aromatic carbocycles. The molecule has 0 aromatic heterocycles. The fourth-order valence-corrected chi connectivity index (χ4v) is 1.86. The minimum atomic E-state index is -1.52. The lowest BCUT2D eigenvalue weighted by Crippen LogP contribution is -2.42. The third-order valence-corrected chi connectivity index (χ3v) is 2.79. The van der Waals surface area contributed by atoms with E-state index < -0.39 is 30.3 Å². The van der Waals surface area contributed by atoms with Crippen LogP contribution in [0.2, 0.25) is 0 Å². The molecular weight excluding hydrogens is 282 g/mol. The zero-order valence-corrected chi connectivity index (χ0v) is 10.9. The van der Waals surface area contributed by atoms with E-state index in [-0.39, 0.29) is 17.9 Å². The maximum Gasteiger partial charge on any atom is 0.326 e. The van der Waals surface area contributed by atoms with E-state index in [4.69, 9.17) is 19.7 Å². The Hall–Kier alpha value is -2.77. The van der Waals surface area contributed by atoms with Gasteiger partial charge in [-0.1, -0.05) is 6.07 Å². The summed E-state index contributed by atoms with van der Waals surface area (Å²) in [7, 11) is 0. The number of rotatable bonds is 5. The van der Waals surface area contributed by atoms with Gasteiger partial charge in [-0.2, -0.15) is 0 Å². The summed E-state index contributed by atoms with van der Waals surface area (Å²) in [5.41, 5.74) is 0.101. The summed E-state index contributed by atoms with van der Waals surface area (Å²) in [5.74, 6) is -2.86. The summed E-state index contributed by atoms with van der Waals surface area (Å²) in [4.78, 5) is 33.7. The smallest absolute Gasteiger partial charge is 0.326 e. The third kappa shape index (κ3) is 3.41. The lowest BCUT2D eigenvalue weighted by molar-refractivity contribution is -0.145. The van der Waals surface area contributed by atoms with Crippen molar-refractivity contribution in [3.8, 4) is 11.5 Å². The van der Waals surface area contributed by atoms with E-state index in [1.54, 1.807) is 12.1 Å². The molecule has 0 aliphatic carbocycles. The normalized spacial score (nSPS) is 14.1. The first-order valence-corrected chi connectivity index (χ1v) is 6.13. The highest BCUT2D eigenvalue weighted by Gasteiger charge is 2.26. The van der Waals surface area contributed by atoms with Crippen molar-refractivity contribution in [2.45, 2.75) is 12.5 Å². The quantitative estimate of drug-likeness (QED) is 0.705. The Morgan fingerprint density at radius 3 is 2.57 bits per heavy atom. The number of aliphatic carboxylic acids is 2. The van der Waals surface area contributed by atoms with Gasteiger partial charge in [-0.15, -0.1) is 0 Å². The molecule has 2 rings (SSSR count). The van der Waals surface area contributed by atoms with Crippen LogP contribution < -0.4 is 14.8 Å². The van der Waals surface area contributed by atoms with Crippen molar-refractivity contribution >= 4 is 17.8 Å². The predicted octanol–water partition coefficient (Wildman–Crippen LogP) is 0.115. The van der Waals surface area contributed by atoms with Gasteiger partial charge in [0, 0.05) is 0 Å². The molecule has 1 amide bonds. The van der Waals surface area contributed by atoms with E-state index in [1.807, 2.05) is 0 Å². The minimum Gasteiger partial charge on any atom is -0.486 e. The van der Waals surface area contributed by atoms with Gasteiger partial charge in [0.2, 0.25) is 0 Å². The fraction of sp³-hybridized carbons (Fsp3) is 0.308. The topological polar surface area (TPSA) is 122 Å². The number of ether oxygens (including phenoxy) is 2. The van der Waals surface area contributed by atoms with E-state index in [1.165, 1.54) is 6.07 Å². The molecule has 8 heteroatoms. The second kappa shape index (κ2) is 6.12. The molecule has 1 aromatic rings. The van der Waals surface area contributed by atoms with Gasteiger partial charge in [0.25, 0.3) is 5.91 Å². The molecule has 0 fully saturated rings. The Morgan fingerprint density at radius 2 is 1.90 bits per heavy atom. The molecule has 21 heavy (non-hydrogen) atoms. The van der Waals surface area contributed by atoms with Gasteiger partial charge in [-0.25, -0.2) is 4.79 Å². The van der Waals surface area contributed by atoms with Gasteiger partial charge in [-0.3, -0.25) is 9.59 Å². The summed E-state index contributed by atoms with van der Waals surface area (Å²) in [6.45, 7) is 0.629. The Morgan fingerprint density at radius 1 is 1.19 bits per heavy atom. The molecule has 3 N–H and O–H groups in total. The van der Waals surface area contributed by atoms with Crippen LogP contribution in [0.4, 0.5) is 0 Å². The maximum atomic E-state index is 12.1. The van der Waals surface area contributed by atoms with E-state index in [9.17, 15) is 14.4 Å². The van der Waals surface area contributed by atoms with Crippen LogP contribution in [0.5, 0.6) is 11.5 Å². The Balaban J connectivity index is 2.20. The molecule has 0 saturated heterocycles. The summed E-state index contributed by atoms with van der Waals surface area (Å²) in [6, 6.07) is 3.12. The first kappa shape index (κ1) is 14.6. The monoisotopic (exact) mass is 295 g/mol. The number of para-hydroxylation sites is 1. The predicted molar refractivity (Wildman–Crippen MR) is 68.6 cm³/mol. The van der Waals surface area contributed by atoms with Crippen LogP contribution in [0.15, 0.2) is 18.2 Å². The second-order valence-electron chi connectivity index (χ2n) is 4.29. The van der Waals surface area contributed by atoms with Crippen molar-refractivity contribution < 1.29 is 34.1 Å². The van der Waals surface area contributed by atoms with Crippen molar-refractivity contribution in [3.05, 3.63) is 23.8 Å². The van der Waals surface area contributed by atoms with Gasteiger partial charge in [0.1, 0.15) is 19.3 Å². The molecule has 8 nitrogen and oxygen atoms in total. The first-order valence-electron chi connectivity index (χ1n) is 6.13. The number of fused-ring (bicyclic) bond motifs is 1. The molecule has 0 bridgehead atoms. The van der Waals surface area contributed by atoms with Crippen LogP contribution in [-0.2, 0) is 9.59 Å². The largest absolute Gasteiger partial charge is 0.486 e. The lowest BCUT2D eigenvalue weighted by atomic mass is 10.1. The highest BCUT2D eigenvalue weighted by molar-refractivity contribution is 6.00. The molecule has 0 unspecified atom stereocenters. The first-order chi connectivity index (χ1) is 9.99. The summed E-state index contributed by atoms with van der Waals surface area (Å²) >= 11 is 0. The number of benzene rings is 1. The molecule has 112 valence electrons. The Kier molecular flexibility index (Phi) is 4.27. The summed E-state index contributed by atoms with van der Waals surface area (Å²) < 4.78 is 10.7. The molecule has 0 spiro atoms. The van der Waals surface area contributed by atoms with Crippen LogP contribution in [0, 0.1) is 0 Å². The van der Waals surface area contributed by atoms with Gasteiger partial charge < -0.3 is 25.0 Å². The van der Waals surface area contributed by atoms with E-state index >= 15 is 0 Å². The van der Waals surface area contributed by atoms with Crippen LogP contribution in [0.3, 0.4) is 0 Å². The van der Waals surface area contributed by atoms with Crippen LogP contribution in [-0.4, -0.2) is 47.3 Å². The van der Waals surface area contributed by atoms with E-state index in [0.717, 1.165) is 0 Å². The van der Waals surface area contributed by atoms with Crippen LogP contribution in [0.1, 0.15) is 16.8 Å². The molecule has 1 heterocycles. The molecular formula is C13H13NO7. The molecule has 0 saturated carbocycles. The van der Waals surface area contributed by atoms with Crippen molar-refractivity contribution in [1.82, 2.24) is 5.32 Å². The van der Waals surface area contributed by atoms with Crippen LogP contribution >= 0.6 is 0 Å². The maximum absolute atomic E-state index is 12.1. The highest BCUT2D eigenvalue weighted by Crippen LogP contribution is 2.33. The number of carboxylic acids is 2. The highest BCUT2D eigenvalue weighted by atomic mass is 16.6. The van der Waals surface area contributed by atoms with Crippen molar-refractivity contribution in [1.29, 1.82) is 0 Å². The minimum absolute atomic E-state index is 0.101. The van der Waals surface area contributed by atoms with Crippen LogP contribution in [0.25, 0.3) is 0 Å². The number of hydrogen-bond donors (Lipinski definition) is 3. The molecule has 1 aliphatic rings. The number of carbonyl (C=O) groups excluding carboxylic acids is 1. The molecule has 1 atom stereocenters. The average molecular weight is 295 g/mol. The molecule has 0 radical (unpaired) electrons. The van der Waals surface area contributed by atoms with Gasteiger partial charge >= 0.3 is 11.9 Å². The summed E-state index contributed by atoms with van der Waals surface area (Å²) in [5, 5.41) is 19.7. The van der Waals surface area contributed by atoms with Gasteiger partial charge in [-0.05, 0) is 12.1 Å². The fourth-order valence-electron chi connectivity index (χ4n) is 1.86. The zero-order chi connectivity index (χ0) is 15.4. The summed E-state index contributed by atoms with van der Waals surface area (Å²) in [6.07, 6.45) is -0.715. The number of carboxylic acid groups (broad SMARTS) is 2. The van der Waals surface area contributed by atoms with Crippen molar-refractivity contribution in [2.75, 3.05) is 13.2 Å². The number of carbonyl (C=O) groups is 3. The number of nitrogens with one attached hydrogen (secondary N) is 1. The van der Waals surface area contributed by atoms with Gasteiger partial charge in [0.15, 0.2) is 11.5 Å². The zero-order valence-electron chi connectivity index (χ0n) is 10.9. The number of amides is 1. The SMILES string of the molecule is O=C(O)C[C@@H](NC(=O)c1cccc2c1OCCO2)C(=O)O. The number of hydrogen-bond acceptors (Lipinski definition) is 5. The van der Waals surface area contributed by atoms with Crippen molar-refractivity contribution in [3.63, 3.8) is 0 Å². The second-order valence-corrected chi connectivity index (χ2v) is 4.29. The third-order valence-electron chi connectivity index (χ3n) is 2.79. The Bertz CT molecular complexity index is 584.